The minimum Gasteiger partial charge on any atom is -0.235 e. The van der Waals surface area contributed by atoms with Gasteiger partial charge in [0.25, 0.3) is 0 Å². The molecule has 0 aliphatic rings. The van der Waals surface area contributed by atoms with Gasteiger partial charge in [0.15, 0.2) is 0 Å². The Balaban J connectivity index is 1.20. The van der Waals surface area contributed by atoms with Crippen molar-refractivity contribution in [3.8, 4) is 11.4 Å². The molecular weight excluding hydrogens is 364 g/mol. The number of aromatic nitrogens is 6. The maximum atomic E-state index is 4.45. The minimum absolute atomic E-state index is 0.685. The molecule has 0 N–H and O–H groups in total. The smallest absolute Gasteiger partial charge is 0.204 e. The standard InChI is InChI=1S/C18H18N6S2/c1-3-7-14(8-4-1)17-21-23-24(22-17)10-5-2-6-11-26-18-16-15(9-12-25-16)19-13-20-18/h1,3-4,7-9,12-13H,2,5-6,10-11H2. The van der Waals surface area contributed by atoms with Crippen LogP contribution >= 0.6 is 23.1 Å². The molecule has 0 radical (unpaired) electrons. The molecule has 3 aromatic heterocycles. The molecule has 0 atom stereocenters. The molecule has 1 aromatic carbocycles. The zero-order chi connectivity index (χ0) is 17.6. The molecule has 4 rings (SSSR count). The van der Waals surface area contributed by atoms with Crippen molar-refractivity contribution in [1.82, 2.24) is 30.2 Å². The molecule has 26 heavy (non-hydrogen) atoms. The van der Waals surface area contributed by atoms with Crippen LogP contribution < -0.4 is 0 Å². The number of aryl methyl sites for hydroxylation is 1. The van der Waals surface area contributed by atoms with Crippen molar-refractivity contribution in [1.29, 1.82) is 0 Å². The molecule has 8 heteroatoms. The first kappa shape index (κ1) is 17.1. The third-order valence-electron chi connectivity index (χ3n) is 3.94. The van der Waals surface area contributed by atoms with E-state index in [0.29, 0.717) is 5.82 Å². The molecule has 0 aliphatic carbocycles. The molecular formula is C18H18N6S2. The summed E-state index contributed by atoms with van der Waals surface area (Å²) in [7, 11) is 0. The highest BCUT2D eigenvalue weighted by Crippen LogP contribution is 2.29. The molecule has 0 spiro atoms. The number of tetrazole rings is 1. The van der Waals surface area contributed by atoms with Crippen LogP contribution in [0.4, 0.5) is 0 Å². The van der Waals surface area contributed by atoms with Gasteiger partial charge in [-0.05, 0) is 35.3 Å². The van der Waals surface area contributed by atoms with Crippen LogP contribution in [-0.2, 0) is 6.54 Å². The molecule has 0 aliphatic heterocycles. The Labute approximate surface area is 159 Å². The van der Waals surface area contributed by atoms with Crippen molar-refractivity contribution < 1.29 is 0 Å². The van der Waals surface area contributed by atoms with Gasteiger partial charge in [-0.3, -0.25) is 0 Å². The van der Waals surface area contributed by atoms with E-state index in [1.54, 1.807) is 22.5 Å². The average Bonchev–Trinajstić information content (AvgIpc) is 3.35. The Kier molecular flexibility index (Phi) is 5.51. The Morgan fingerprint density at radius 1 is 1.00 bits per heavy atom. The van der Waals surface area contributed by atoms with E-state index >= 15 is 0 Å². The van der Waals surface area contributed by atoms with Crippen molar-refractivity contribution in [3.05, 3.63) is 48.1 Å². The van der Waals surface area contributed by atoms with Crippen LogP contribution in [0.3, 0.4) is 0 Å². The predicted octanol–water partition coefficient (Wildman–Crippen LogP) is 4.31. The lowest BCUT2D eigenvalue weighted by atomic mass is 10.2. The fourth-order valence-electron chi connectivity index (χ4n) is 2.61. The molecule has 132 valence electrons. The quantitative estimate of drug-likeness (QED) is 0.257. The van der Waals surface area contributed by atoms with E-state index in [2.05, 4.69) is 30.8 Å². The van der Waals surface area contributed by atoms with Gasteiger partial charge in [-0.15, -0.1) is 33.3 Å². The summed E-state index contributed by atoms with van der Waals surface area (Å²) in [6.45, 7) is 0.799. The Morgan fingerprint density at radius 3 is 2.85 bits per heavy atom. The first-order valence-electron chi connectivity index (χ1n) is 8.54. The zero-order valence-electron chi connectivity index (χ0n) is 14.2. The fourth-order valence-corrected chi connectivity index (χ4v) is 4.56. The van der Waals surface area contributed by atoms with E-state index in [0.717, 1.165) is 47.7 Å². The van der Waals surface area contributed by atoms with E-state index in [1.807, 2.05) is 48.2 Å². The number of unbranched alkanes of at least 4 members (excludes halogenated alkanes) is 2. The second-order valence-corrected chi connectivity index (χ2v) is 7.80. The largest absolute Gasteiger partial charge is 0.235 e. The second kappa shape index (κ2) is 8.37. The number of hydrogen-bond acceptors (Lipinski definition) is 7. The molecule has 0 unspecified atom stereocenters. The van der Waals surface area contributed by atoms with Gasteiger partial charge in [-0.2, -0.15) is 4.80 Å². The van der Waals surface area contributed by atoms with Gasteiger partial charge in [0, 0.05) is 5.56 Å². The van der Waals surface area contributed by atoms with Gasteiger partial charge in [-0.25, -0.2) is 9.97 Å². The van der Waals surface area contributed by atoms with Gasteiger partial charge in [-0.1, -0.05) is 36.8 Å². The average molecular weight is 383 g/mol. The summed E-state index contributed by atoms with van der Waals surface area (Å²) < 4.78 is 1.19. The highest BCUT2D eigenvalue weighted by Gasteiger charge is 2.06. The molecule has 4 aromatic rings. The summed E-state index contributed by atoms with van der Waals surface area (Å²) in [6, 6.07) is 12.0. The van der Waals surface area contributed by atoms with Gasteiger partial charge in [0.2, 0.25) is 5.82 Å². The van der Waals surface area contributed by atoms with Crippen LogP contribution in [0, 0.1) is 0 Å². The van der Waals surface area contributed by atoms with Crippen molar-refractivity contribution in [2.24, 2.45) is 0 Å². The van der Waals surface area contributed by atoms with E-state index < -0.39 is 0 Å². The van der Waals surface area contributed by atoms with Crippen LogP contribution in [0.1, 0.15) is 19.3 Å². The van der Waals surface area contributed by atoms with E-state index in [-0.39, 0.29) is 0 Å². The number of rotatable bonds is 8. The molecule has 3 heterocycles. The van der Waals surface area contributed by atoms with Gasteiger partial charge in [0.05, 0.1) is 16.8 Å². The third kappa shape index (κ3) is 4.08. The Hall–Kier alpha value is -2.32. The normalized spacial score (nSPS) is 11.2. The first-order valence-corrected chi connectivity index (χ1v) is 10.4. The molecule has 0 fully saturated rings. The summed E-state index contributed by atoms with van der Waals surface area (Å²) in [5.41, 5.74) is 2.04. The van der Waals surface area contributed by atoms with Gasteiger partial charge >= 0.3 is 0 Å². The molecule has 0 amide bonds. The fraction of sp³-hybridized carbons (Fsp3) is 0.278. The topological polar surface area (TPSA) is 69.4 Å². The summed E-state index contributed by atoms with van der Waals surface area (Å²) in [5.74, 6) is 1.74. The van der Waals surface area contributed by atoms with Gasteiger partial charge in [0.1, 0.15) is 11.4 Å². The SMILES string of the molecule is c1ccc(-c2nnn(CCCCCSc3ncnc4ccsc34)n2)cc1. The van der Waals surface area contributed by atoms with E-state index in [4.69, 9.17) is 0 Å². The summed E-state index contributed by atoms with van der Waals surface area (Å²) in [5, 5.41) is 15.9. The molecule has 6 nitrogen and oxygen atoms in total. The summed E-state index contributed by atoms with van der Waals surface area (Å²) in [6.07, 6.45) is 4.97. The number of hydrogen-bond donors (Lipinski definition) is 0. The second-order valence-electron chi connectivity index (χ2n) is 5.80. The van der Waals surface area contributed by atoms with Crippen molar-refractivity contribution in [2.45, 2.75) is 30.8 Å². The third-order valence-corrected chi connectivity index (χ3v) is 6.05. The van der Waals surface area contributed by atoms with Crippen LogP contribution in [0.2, 0.25) is 0 Å². The number of benzene rings is 1. The monoisotopic (exact) mass is 382 g/mol. The molecule has 0 bridgehead atoms. The van der Waals surface area contributed by atoms with Crippen LogP contribution in [0.5, 0.6) is 0 Å². The van der Waals surface area contributed by atoms with Crippen LogP contribution in [0.25, 0.3) is 21.6 Å². The van der Waals surface area contributed by atoms with Crippen molar-refractivity contribution >= 4 is 33.3 Å². The predicted molar refractivity (Wildman–Crippen MR) is 105 cm³/mol. The Morgan fingerprint density at radius 2 is 1.92 bits per heavy atom. The Bertz CT molecular complexity index is 966. The maximum Gasteiger partial charge on any atom is 0.204 e. The lowest BCUT2D eigenvalue weighted by molar-refractivity contribution is 0.487. The van der Waals surface area contributed by atoms with Crippen LogP contribution in [0.15, 0.2) is 53.1 Å². The van der Waals surface area contributed by atoms with Crippen molar-refractivity contribution in [2.75, 3.05) is 5.75 Å². The molecule has 0 saturated heterocycles. The number of thioether (sulfide) groups is 1. The highest BCUT2D eigenvalue weighted by molar-refractivity contribution is 7.99. The van der Waals surface area contributed by atoms with Gasteiger partial charge < -0.3 is 0 Å². The zero-order valence-corrected chi connectivity index (χ0v) is 15.8. The lowest BCUT2D eigenvalue weighted by Gasteiger charge is -2.02. The van der Waals surface area contributed by atoms with Crippen LogP contribution in [-0.4, -0.2) is 35.9 Å². The first-order chi connectivity index (χ1) is 12.9. The summed E-state index contributed by atoms with van der Waals surface area (Å²) >= 11 is 3.52. The maximum absolute atomic E-state index is 4.45. The molecule has 0 saturated carbocycles. The van der Waals surface area contributed by atoms with E-state index in [9.17, 15) is 0 Å². The lowest BCUT2D eigenvalue weighted by Crippen LogP contribution is -2.02. The number of fused-ring (bicyclic) bond motifs is 1. The minimum atomic E-state index is 0.685. The summed E-state index contributed by atoms with van der Waals surface area (Å²) in [4.78, 5) is 10.4. The highest BCUT2D eigenvalue weighted by atomic mass is 32.2. The number of nitrogens with zero attached hydrogens (tertiary/aromatic N) is 6. The van der Waals surface area contributed by atoms with E-state index in [1.165, 1.54) is 4.70 Å². The van der Waals surface area contributed by atoms with Crippen molar-refractivity contribution in [3.63, 3.8) is 0 Å². The number of thiophene rings is 1.